The summed E-state index contributed by atoms with van der Waals surface area (Å²) in [6.45, 7) is 1.63. The molecular formula is C7H6BrF2N. The van der Waals surface area contributed by atoms with Gasteiger partial charge in [0.05, 0.1) is 5.56 Å². The Labute approximate surface area is 71.6 Å². The van der Waals surface area contributed by atoms with Crippen LogP contribution in [-0.2, 0) is 0 Å². The van der Waals surface area contributed by atoms with Crippen LogP contribution in [0.2, 0.25) is 0 Å². The number of halogens is 3. The van der Waals surface area contributed by atoms with Gasteiger partial charge in [0.2, 0.25) is 0 Å². The van der Waals surface area contributed by atoms with E-state index in [9.17, 15) is 8.78 Å². The normalized spacial score (nSPS) is 10.6. The molecule has 1 aromatic rings. The van der Waals surface area contributed by atoms with Crippen molar-refractivity contribution in [2.45, 2.75) is 13.3 Å². The van der Waals surface area contributed by atoms with E-state index < -0.39 is 6.43 Å². The summed E-state index contributed by atoms with van der Waals surface area (Å²) < 4.78 is 24.7. The molecule has 0 saturated heterocycles. The van der Waals surface area contributed by atoms with E-state index >= 15 is 0 Å². The van der Waals surface area contributed by atoms with Crippen LogP contribution in [0.25, 0.3) is 0 Å². The lowest BCUT2D eigenvalue weighted by molar-refractivity contribution is 0.149. The number of hydrogen-bond acceptors (Lipinski definition) is 1. The molecule has 1 heterocycles. The monoisotopic (exact) mass is 221 g/mol. The van der Waals surface area contributed by atoms with Gasteiger partial charge in [0.15, 0.2) is 0 Å². The molecule has 1 nitrogen and oxygen atoms in total. The van der Waals surface area contributed by atoms with Crippen LogP contribution in [0.5, 0.6) is 0 Å². The maximum atomic E-state index is 12.2. The van der Waals surface area contributed by atoms with E-state index in [-0.39, 0.29) is 10.2 Å². The number of hydrogen-bond donors (Lipinski definition) is 0. The molecule has 0 aliphatic carbocycles. The first-order valence-corrected chi connectivity index (χ1v) is 3.81. The number of pyridine rings is 1. The van der Waals surface area contributed by atoms with E-state index in [1.54, 1.807) is 13.0 Å². The fourth-order valence-corrected chi connectivity index (χ4v) is 1.40. The fourth-order valence-electron chi connectivity index (χ4n) is 0.799. The zero-order valence-electron chi connectivity index (χ0n) is 5.81. The average Bonchev–Trinajstić information content (AvgIpc) is 1.85. The molecule has 0 atom stereocenters. The zero-order valence-corrected chi connectivity index (χ0v) is 7.40. The number of nitrogens with zero attached hydrogens (tertiary/aromatic N) is 1. The first kappa shape index (κ1) is 8.59. The molecule has 0 aliphatic heterocycles. The highest BCUT2D eigenvalue weighted by molar-refractivity contribution is 9.10. The Balaban J connectivity index is 3.21. The van der Waals surface area contributed by atoms with Crippen molar-refractivity contribution in [2.24, 2.45) is 0 Å². The van der Waals surface area contributed by atoms with Crippen LogP contribution in [0.1, 0.15) is 17.6 Å². The largest absolute Gasteiger partial charge is 0.266 e. The SMILES string of the molecule is Cc1ccnc(Br)c1C(F)F. The quantitative estimate of drug-likeness (QED) is 0.665. The zero-order chi connectivity index (χ0) is 8.43. The third kappa shape index (κ3) is 1.74. The van der Waals surface area contributed by atoms with Gasteiger partial charge in [0, 0.05) is 6.20 Å². The van der Waals surface area contributed by atoms with E-state index in [1.165, 1.54) is 6.20 Å². The second kappa shape index (κ2) is 3.26. The summed E-state index contributed by atoms with van der Waals surface area (Å²) in [5.41, 5.74) is 0.536. The van der Waals surface area contributed by atoms with E-state index in [2.05, 4.69) is 20.9 Å². The van der Waals surface area contributed by atoms with Crippen LogP contribution in [0, 0.1) is 6.92 Å². The van der Waals surface area contributed by atoms with Crippen LogP contribution < -0.4 is 0 Å². The minimum Gasteiger partial charge on any atom is -0.249 e. The number of aromatic nitrogens is 1. The lowest BCUT2D eigenvalue weighted by atomic mass is 10.2. The van der Waals surface area contributed by atoms with E-state index in [0.717, 1.165) is 0 Å². The Morgan fingerprint density at radius 3 is 2.55 bits per heavy atom. The van der Waals surface area contributed by atoms with Gasteiger partial charge in [0.1, 0.15) is 4.60 Å². The highest BCUT2D eigenvalue weighted by atomic mass is 79.9. The van der Waals surface area contributed by atoms with E-state index in [4.69, 9.17) is 0 Å². The molecule has 0 radical (unpaired) electrons. The third-order valence-corrected chi connectivity index (χ3v) is 2.01. The molecule has 4 heteroatoms. The molecule has 0 aromatic carbocycles. The lowest BCUT2D eigenvalue weighted by Gasteiger charge is -2.04. The van der Waals surface area contributed by atoms with Crippen molar-refractivity contribution in [3.63, 3.8) is 0 Å². The lowest BCUT2D eigenvalue weighted by Crippen LogP contribution is -1.92. The van der Waals surface area contributed by atoms with Gasteiger partial charge in [-0.15, -0.1) is 0 Å². The van der Waals surface area contributed by atoms with Gasteiger partial charge >= 0.3 is 0 Å². The van der Waals surface area contributed by atoms with Gasteiger partial charge in [-0.3, -0.25) is 0 Å². The van der Waals surface area contributed by atoms with Crippen LogP contribution in [0.4, 0.5) is 8.78 Å². The summed E-state index contributed by atoms with van der Waals surface area (Å²) in [5.74, 6) is 0. The fraction of sp³-hybridized carbons (Fsp3) is 0.286. The second-order valence-electron chi connectivity index (χ2n) is 2.13. The molecule has 0 saturated carbocycles. The number of aryl methyl sites for hydroxylation is 1. The average molecular weight is 222 g/mol. The van der Waals surface area contributed by atoms with Crippen LogP contribution in [-0.4, -0.2) is 4.98 Å². The summed E-state index contributed by atoms with van der Waals surface area (Å²) in [4.78, 5) is 3.70. The first-order valence-electron chi connectivity index (χ1n) is 3.02. The Kier molecular flexibility index (Phi) is 2.54. The maximum absolute atomic E-state index is 12.2. The number of rotatable bonds is 1. The minimum atomic E-state index is -2.46. The number of alkyl halides is 2. The van der Waals surface area contributed by atoms with Crippen LogP contribution in [0.3, 0.4) is 0 Å². The topological polar surface area (TPSA) is 12.9 Å². The van der Waals surface area contributed by atoms with Gasteiger partial charge in [-0.05, 0) is 34.5 Å². The summed E-state index contributed by atoms with van der Waals surface area (Å²) in [5, 5.41) is 0. The standard InChI is InChI=1S/C7H6BrF2N/c1-4-2-3-11-6(8)5(4)7(9)10/h2-3,7H,1H3. The Morgan fingerprint density at radius 2 is 2.18 bits per heavy atom. The summed E-state index contributed by atoms with van der Waals surface area (Å²) >= 11 is 2.96. The van der Waals surface area contributed by atoms with E-state index in [0.29, 0.717) is 5.56 Å². The minimum absolute atomic E-state index is 0.0208. The summed E-state index contributed by atoms with van der Waals surface area (Å²) in [6.07, 6.45) is -0.969. The Bertz CT molecular complexity index is 242. The molecule has 0 bridgehead atoms. The molecule has 0 spiro atoms. The van der Waals surface area contributed by atoms with Crippen molar-refractivity contribution in [3.05, 3.63) is 28.0 Å². The molecule has 0 N–H and O–H groups in total. The van der Waals surface area contributed by atoms with Crippen molar-refractivity contribution in [1.29, 1.82) is 0 Å². The molecule has 11 heavy (non-hydrogen) atoms. The predicted molar refractivity (Wildman–Crippen MR) is 41.6 cm³/mol. The highest BCUT2D eigenvalue weighted by Gasteiger charge is 2.14. The van der Waals surface area contributed by atoms with Crippen molar-refractivity contribution in [2.75, 3.05) is 0 Å². The summed E-state index contributed by atoms with van der Waals surface area (Å²) in [7, 11) is 0. The van der Waals surface area contributed by atoms with Gasteiger partial charge in [-0.1, -0.05) is 0 Å². The molecule has 1 rings (SSSR count). The second-order valence-corrected chi connectivity index (χ2v) is 2.88. The molecule has 60 valence electrons. The van der Waals surface area contributed by atoms with Gasteiger partial charge in [0.25, 0.3) is 6.43 Å². The first-order chi connectivity index (χ1) is 5.13. The van der Waals surface area contributed by atoms with Crippen molar-refractivity contribution >= 4 is 15.9 Å². The van der Waals surface area contributed by atoms with Crippen LogP contribution >= 0.6 is 15.9 Å². The highest BCUT2D eigenvalue weighted by Crippen LogP contribution is 2.27. The van der Waals surface area contributed by atoms with Crippen molar-refractivity contribution in [1.82, 2.24) is 4.98 Å². The van der Waals surface area contributed by atoms with Gasteiger partial charge < -0.3 is 0 Å². The Morgan fingerprint density at radius 1 is 1.55 bits per heavy atom. The maximum Gasteiger partial charge on any atom is 0.266 e. The van der Waals surface area contributed by atoms with Crippen molar-refractivity contribution in [3.8, 4) is 0 Å². The molecule has 0 amide bonds. The van der Waals surface area contributed by atoms with Crippen LogP contribution in [0.15, 0.2) is 16.9 Å². The molecule has 0 fully saturated rings. The molecular weight excluding hydrogens is 216 g/mol. The predicted octanol–water partition coefficient (Wildman–Crippen LogP) is 3.09. The third-order valence-electron chi connectivity index (χ3n) is 1.38. The van der Waals surface area contributed by atoms with Gasteiger partial charge in [-0.25, -0.2) is 13.8 Å². The summed E-state index contributed by atoms with van der Waals surface area (Å²) in [6, 6.07) is 1.56. The molecule has 1 aromatic heterocycles. The molecule has 0 unspecified atom stereocenters. The Hall–Kier alpha value is -0.510. The van der Waals surface area contributed by atoms with E-state index in [1.807, 2.05) is 0 Å². The molecule has 0 aliphatic rings. The van der Waals surface area contributed by atoms with Gasteiger partial charge in [-0.2, -0.15) is 0 Å². The van der Waals surface area contributed by atoms with Crippen molar-refractivity contribution < 1.29 is 8.78 Å². The smallest absolute Gasteiger partial charge is 0.249 e.